The highest BCUT2D eigenvalue weighted by Gasteiger charge is 2.45. The van der Waals surface area contributed by atoms with Crippen molar-refractivity contribution in [3.05, 3.63) is 0 Å². The number of amides is 2. The number of nitrogens with zero attached hydrogens (tertiary/aromatic N) is 1. The SMILES string of the molecule is C#CC(CCC)N1C(=O)C(C(C)C)NC(=O)C1C(C)C. The molecule has 0 saturated carbocycles. The van der Waals surface area contributed by atoms with Gasteiger partial charge in [-0.3, -0.25) is 9.59 Å². The summed E-state index contributed by atoms with van der Waals surface area (Å²) < 4.78 is 0. The zero-order chi connectivity index (χ0) is 15.4. The highest BCUT2D eigenvalue weighted by molar-refractivity contribution is 5.97. The second kappa shape index (κ2) is 6.78. The van der Waals surface area contributed by atoms with Gasteiger partial charge >= 0.3 is 0 Å². The minimum Gasteiger partial charge on any atom is -0.342 e. The standard InChI is InChI=1S/C16H26N2O2/c1-7-9-12(8-2)18-14(11(5)6)15(19)17-13(10(3)4)16(18)20/h2,10-14H,7,9H2,1,3-6H3,(H,17,19). The van der Waals surface area contributed by atoms with E-state index in [1.807, 2.05) is 34.6 Å². The zero-order valence-electron chi connectivity index (χ0n) is 13.1. The summed E-state index contributed by atoms with van der Waals surface area (Å²) in [5.74, 6) is 2.66. The highest BCUT2D eigenvalue weighted by atomic mass is 16.2. The van der Waals surface area contributed by atoms with E-state index < -0.39 is 12.1 Å². The summed E-state index contributed by atoms with van der Waals surface area (Å²) in [7, 11) is 0. The smallest absolute Gasteiger partial charge is 0.247 e. The molecule has 0 aromatic heterocycles. The Morgan fingerprint density at radius 1 is 1.25 bits per heavy atom. The van der Waals surface area contributed by atoms with Crippen molar-refractivity contribution in [1.82, 2.24) is 10.2 Å². The zero-order valence-corrected chi connectivity index (χ0v) is 13.1. The summed E-state index contributed by atoms with van der Waals surface area (Å²) in [6.45, 7) is 9.78. The molecule has 2 amide bonds. The van der Waals surface area contributed by atoms with Crippen molar-refractivity contribution in [2.45, 2.75) is 65.6 Å². The lowest BCUT2D eigenvalue weighted by molar-refractivity contribution is -0.154. The molecule has 0 spiro atoms. The van der Waals surface area contributed by atoms with Gasteiger partial charge in [0.25, 0.3) is 0 Å². The van der Waals surface area contributed by atoms with Crippen molar-refractivity contribution in [3.8, 4) is 12.3 Å². The molecular weight excluding hydrogens is 252 g/mol. The van der Waals surface area contributed by atoms with Gasteiger partial charge in [-0.05, 0) is 18.3 Å². The Hall–Kier alpha value is -1.50. The predicted molar refractivity (Wildman–Crippen MR) is 79.8 cm³/mol. The minimum atomic E-state index is -0.468. The Bertz CT molecular complexity index is 409. The summed E-state index contributed by atoms with van der Waals surface area (Å²) in [6, 6.07) is -1.23. The Labute approximate surface area is 122 Å². The molecule has 0 radical (unpaired) electrons. The molecule has 1 saturated heterocycles. The first-order valence-electron chi connectivity index (χ1n) is 7.43. The van der Waals surface area contributed by atoms with Crippen LogP contribution in [0.2, 0.25) is 0 Å². The maximum Gasteiger partial charge on any atom is 0.247 e. The summed E-state index contributed by atoms with van der Waals surface area (Å²) in [6.07, 6.45) is 7.22. The molecule has 1 N–H and O–H groups in total. The molecule has 1 fully saturated rings. The van der Waals surface area contributed by atoms with Gasteiger partial charge in [0.15, 0.2) is 0 Å². The Morgan fingerprint density at radius 2 is 1.85 bits per heavy atom. The molecule has 1 aliphatic heterocycles. The summed E-state index contributed by atoms with van der Waals surface area (Å²) in [4.78, 5) is 26.7. The van der Waals surface area contributed by atoms with Crippen molar-refractivity contribution >= 4 is 11.8 Å². The van der Waals surface area contributed by atoms with Gasteiger partial charge in [0.2, 0.25) is 11.8 Å². The molecule has 1 aliphatic rings. The van der Waals surface area contributed by atoms with Gasteiger partial charge in [0.05, 0.1) is 6.04 Å². The number of terminal acetylenes is 1. The molecule has 1 heterocycles. The molecule has 3 unspecified atom stereocenters. The fourth-order valence-corrected chi connectivity index (χ4v) is 2.72. The van der Waals surface area contributed by atoms with Crippen LogP contribution in [0.4, 0.5) is 0 Å². The number of rotatable bonds is 5. The largest absolute Gasteiger partial charge is 0.342 e. The van der Waals surface area contributed by atoms with Crippen LogP contribution in [0.5, 0.6) is 0 Å². The summed E-state index contributed by atoms with van der Waals surface area (Å²) in [5, 5.41) is 2.85. The van der Waals surface area contributed by atoms with Gasteiger partial charge in [0.1, 0.15) is 12.1 Å². The minimum absolute atomic E-state index is 0.0415. The number of hydrogen-bond acceptors (Lipinski definition) is 2. The van der Waals surface area contributed by atoms with E-state index in [1.165, 1.54) is 0 Å². The number of piperazine rings is 1. The lowest BCUT2D eigenvalue weighted by Crippen LogP contribution is -2.68. The molecule has 4 nitrogen and oxygen atoms in total. The van der Waals surface area contributed by atoms with Crippen LogP contribution in [-0.2, 0) is 9.59 Å². The van der Waals surface area contributed by atoms with E-state index in [1.54, 1.807) is 4.90 Å². The van der Waals surface area contributed by atoms with E-state index >= 15 is 0 Å². The van der Waals surface area contributed by atoms with Crippen LogP contribution in [-0.4, -0.2) is 34.8 Å². The Kier molecular flexibility index (Phi) is 5.62. The Balaban J connectivity index is 3.17. The van der Waals surface area contributed by atoms with Gasteiger partial charge in [-0.1, -0.05) is 47.0 Å². The number of nitrogens with one attached hydrogen (secondary N) is 1. The third kappa shape index (κ3) is 3.15. The average molecular weight is 278 g/mol. The second-order valence-corrected chi connectivity index (χ2v) is 6.14. The van der Waals surface area contributed by atoms with E-state index in [0.29, 0.717) is 0 Å². The third-order valence-electron chi connectivity index (χ3n) is 3.78. The van der Waals surface area contributed by atoms with Gasteiger partial charge < -0.3 is 10.2 Å². The van der Waals surface area contributed by atoms with E-state index in [-0.39, 0.29) is 29.7 Å². The third-order valence-corrected chi connectivity index (χ3v) is 3.78. The fourth-order valence-electron chi connectivity index (χ4n) is 2.72. The summed E-state index contributed by atoms with van der Waals surface area (Å²) in [5.41, 5.74) is 0. The quantitative estimate of drug-likeness (QED) is 0.780. The monoisotopic (exact) mass is 278 g/mol. The second-order valence-electron chi connectivity index (χ2n) is 6.14. The van der Waals surface area contributed by atoms with E-state index in [2.05, 4.69) is 11.2 Å². The lowest BCUT2D eigenvalue weighted by atomic mass is 9.90. The lowest BCUT2D eigenvalue weighted by Gasteiger charge is -2.44. The molecular formula is C16H26N2O2. The first-order chi connectivity index (χ1) is 9.34. The van der Waals surface area contributed by atoms with Gasteiger partial charge in [-0.2, -0.15) is 0 Å². The van der Waals surface area contributed by atoms with Crippen LogP contribution >= 0.6 is 0 Å². The van der Waals surface area contributed by atoms with Crippen molar-refractivity contribution in [2.75, 3.05) is 0 Å². The van der Waals surface area contributed by atoms with Crippen molar-refractivity contribution in [2.24, 2.45) is 11.8 Å². The number of hydrogen-bond donors (Lipinski definition) is 1. The van der Waals surface area contributed by atoms with Crippen LogP contribution in [0.15, 0.2) is 0 Å². The first-order valence-corrected chi connectivity index (χ1v) is 7.43. The van der Waals surface area contributed by atoms with Crippen LogP contribution < -0.4 is 5.32 Å². The van der Waals surface area contributed by atoms with Gasteiger partial charge in [-0.15, -0.1) is 6.42 Å². The predicted octanol–water partition coefficient (Wildman–Crippen LogP) is 1.80. The van der Waals surface area contributed by atoms with Crippen LogP contribution in [0.1, 0.15) is 47.5 Å². The maximum absolute atomic E-state index is 12.7. The van der Waals surface area contributed by atoms with Crippen molar-refractivity contribution in [3.63, 3.8) is 0 Å². The molecule has 112 valence electrons. The molecule has 0 aliphatic carbocycles. The molecule has 0 aromatic carbocycles. The van der Waals surface area contributed by atoms with E-state index in [4.69, 9.17) is 6.42 Å². The van der Waals surface area contributed by atoms with Gasteiger partial charge in [-0.25, -0.2) is 0 Å². The topological polar surface area (TPSA) is 49.4 Å². The Morgan fingerprint density at radius 3 is 2.25 bits per heavy atom. The molecule has 3 atom stereocenters. The molecule has 0 aromatic rings. The van der Waals surface area contributed by atoms with Crippen LogP contribution in [0.3, 0.4) is 0 Å². The summed E-state index contributed by atoms with van der Waals surface area (Å²) >= 11 is 0. The number of carbonyl (C=O) groups is 2. The van der Waals surface area contributed by atoms with Crippen molar-refractivity contribution < 1.29 is 9.59 Å². The van der Waals surface area contributed by atoms with Gasteiger partial charge in [0, 0.05) is 0 Å². The van der Waals surface area contributed by atoms with E-state index in [0.717, 1.165) is 12.8 Å². The van der Waals surface area contributed by atoms with E-state index in [9.17, 15) is 9.59 Å². The average Bonchev–Trinajstić information content (AvgIpc) is 2.37. The van der Waals surface area contributed by atoms with Crippen LogP contribution in [0.25, 0.3) is 0 Å². The molecule has 4 heteroatoms. The maximum atomic E-state index is 12.7. The fraction of sp³-hybridized carbons (Fsp3) is 0.750. The van der Waals surface area contributed by atoms with Crippen LogP contribution in [0, 0.1) is 24.2 Å². The highest BCUT2D eigenvalue weighted by Crippen LogP contribution is 2.24. The molecule has 1 rings (SSSR count). The normalized spacial score (nSPS) is 24.8. The molecule has 0 bridgehead atoms. The van der Waals surface area contributed by atoms with Crippen molar-refractivity contribution in [1.29, 1.82) is 0 Å². The number of carbonyl (C=O) groups excluding carboxylic acids is 2. The first kappa shape index (κ1) is 16.6. The molecule has 20 heavy (non-hydrogen) atoms.